The van der Waals surface area contributed by atoms with Gasteiger partial charge in [-0.15, -0.1) is 0 Å². The van der Waals surface area contributed by atoms with Gasteiger partial charge >= 0.3 is 0 Å². The summed E-state index contributed by atoms with van der Waals surface area (Å²) in [6.07, 6.45) is 8.40. The molecular weight excluding hydrogens is 360 g/mol. The molecule has 1 atom stereocenters. The molecule has 2 aromatic heterocycles. The first-order valence-electron chi connectivity index (χ1n) is 9.78. The van der Waals surface area contributed by atoms with E-state index in [1.165, 1.54) is 0 Å². The topological polar surface area (TPSA) is 82.7 Å². The molecule has 0 spiro atoms. The van der Waals surface area contributed by atoms with Gasteiger partial charge in [-0.25, -0.2) is 0 Å². The van der Waals surface area contributed by atoms with Crippen LogP contribution in [0.25, 0.3) is 11.1 Å². The monoisotopic (exact) mass is 384 g/mol. The van der Waals surface area contributed by atoms with Crippen molar-refractivity contribution in [2.75, 3.05) is 0 Å². The van der Waals surface area contributed by atoms with Gasteiger partial charge in [0.05, 0.1) is 29.1 Å². The number of nitriles is 1. The van der Waals surface area contributed by atoms with Crippen LogP contribution in [0.3, 0.4) is 0 Å². The number of pyridine rings is 1. The predicted molar refractivity (Wildman–Crippen MR) is 111 cm³/mol. The Labute approximate surface area is 171 Å². The summed E-state index contributed by atoms with van der Waals surface area (Å²) < 4.78 is 0. The number of aliphatic hydroxyl groups is 1. The first-order valence-corrected chi connectivity index (χ1v) is 9.78. The molecule has 1 aromatic carbocycles. The molecule has 1 fully saturated rings. The zero-order chi connectivity index (χ0) is 20.7. The molecule has 5 nitrogen and oxygen atoms in total. The molecule has 0 saturated heterocycles. The molecule has 0 aliphatic heterocycles. The first-order chi connectivity index (χ1) is 13.8. The second-order valence-corrected chi connectivity index (χ2v) is 8.75. The smallest absolute Gasteiger partial charge is 0.154 e. The van der Waals surface area contributed by atoms with Crippen molar-refractivity contribution < 1.29 is 5.11 Å². The average Bonchev–Trinajstić information content (AvgIpc) is 3.55. The average molecular weight is 384 g/mol. The van der Waals surface area contributed by atoms with E-state index in [2.05, 4.69) is 21.0 Å². The van der Waals surface area contributed by atoms with Gasteiger partial charge in [0.1, 0.15) is 0 Å². The number of rotatable bonds is 4. The molecule has 0 bridgehead atoms. The molecule has 1 unspecified atom stereocenters. The van der Waals surface area contributed by atoms with Crippen molar-refractivity contribution in [1.29, 1.82) is 5.26 Å². The van der Waals surface area contributed by atoms with Gasteiger partial charge in [-0.3, -0.25) is 15.0 Å². The minimum absolute atomic E-state index is 0.277. The summed E-state index contributed by atoms with van der Waals surface area (Å²) in [5.41, 5.74) is 1.90. The summed E-state index contributed by atoms with van der Waals surface area (Å²) in [6.45, 7) is 5.87. The van der Waals surface area contributed by atoms with Gasteiger partial charge in [0, 0.05) is 29.6 Å². The highest BCUT2D eigenvalue weighted by molar-refractivity contribution is 5.63. The second kappa shape index (κ2) is 6.75. The van der Waals surface area contributed by atoms with E-state index in [0.717, 1.165) is 29.5 Å². The number of nitrogens with zero attached hydrogens (tertiary/aromatic N) is 4. The number of hydrogen-bond donors (Lipinski definition) is 1. The minimum Gasteiger partial charge on any atom is -0.377 e. The van der Waals surface area contributed by atoms with E-state index in [1.807, 2.05) is 57.2 Å². The van der Waals surface area contributed by atoms with Crippen LogP contribution in [0, 0.1) is 16.7 Å². The van der Waals surface area contributed by atoms with Crippen LogP contribution in [0.4, 0.5) is 0 Å². The fourth-order valence-corrected chi connectivity index (χ4v) is 3.74. The maximum atomic E-state index is 11.6. The third kappa shape index (κ3) is 3.20. The van der Waals surface area contributed by atoms with Gasteiger partial charge in [0.15, 0.2) is 5.60 Å². The van der Waals surface area contributed by atoms with Crippen LogP contribution in [-0.4, -0.2) is 20.1 Å². The van der Waals surface area contributed by atoms with Gasteiger partial charge in [0.25, 0.3) is 0 Å². The van der Waals surface area contributed by atoms with Gasteiger partial charge < -0.3 is 5.11 Å². The normalized spacial score (nSPS) is 17.2. The zero-order valence-corrected chi connectivity index (χ0v) is 16.9. The lowest BCUT2D eigenvalue weighted by molar-refractivity contribution is -0.0335. The second-order valence-electron chi connectivity index (χ2n) is 8.75. The van der Waals surface area contributed by atoms with E-state index in [1.54, 1.807) is 24.8 Å². The number of aromatic nitrogens is 3. The Hall–Kier alpha value is -3.10. The Morgan fingerprint density at radius 1 is 0.897 bits per heavy atom. The van der Waals surface area contributed by atoms with Crippen molar-refractivity contribution in [3.05, 3.63) is 78.1 Å². The van der Waals surface area contributed by atoms with Gasteiger partial charge in [-0.1, -0.05) is 51.1 Å². The summed E-state index contributed by atoms with van der Waals surface area (Å²) in [4.78, 5) is 13.1. The van der Waals surface area contributed by atoms with Gasteiger partial charge in [-0.2, -0.15) is 5.26 Å². The summed E-state index contributed by atoms with van der Waals surface area (Å²) in [5.74, 6) is 0. The summed E-state index contributed by atoms with van der Waals surface area (Å²) in [7, 11) is 0. The molecule has 1 N–H and O–H groups in total. The van der Waals surface area contributed by atoms with Crippen LogP contribution >= 0.6 is 0 Å². The molecule has 29 heavy (non-hydrogen) atoms. The van der Waals surface area contributed by atoms with E-state index in [4.69, 9.17) is 0 Å². The third-order valence-electron chi connectivity index (χ3n) is 5.89. The molecule has 1 saturated carbocycles. The SMILES string of the molecule is CC(C)(C)C(O)(c1ccc(-c2ccc(C3(C#N)CC3)cc2)cn1)c1cnccn1. The lowest BCUT2D eigenvalue weighted by atomic mass is 9.72. The molecule has 3 aromatic rings. The summed E-state index contributed by atoms with van der Waals surface area (Å²) in [6, 6.07) is 14.4. The van der Waals surface area contributed by atoms with E-state index in [0.29, 0.717) is 11.4 Å². The molecule has 0 radical (unpaired) electrons. The van der Waals surface area contributed by atoms with Crippen LogP contribution in [0.2, 0.25) is 0 Å². The fraction of sp³-hybridized carbons (Fsp3) is 0.333. The number of hydrogen-bond acceptors (Lipinski definition) is 5. The van der Waals surface area contributed by atoms with Gasteiger partial charge in [-0.05, 0) is 30.0 Å². The number of benzene rings is 1. The highest BCUT2D eigenvalue weighted by atomic mass is 16.3. The molecule has 4 rings (SSSR count). The Kier molecular flexibility index (Phi) is 4.48. The van der Waals surface area contributed by atoms with E-state index < -0.39 is 11.0 Å². The van der Waals surface area contributed by atoms with E-state index in [9.17, 15) is 10.4 Å². The summed E-state index contributed by atoms with van der Waals surface area (Å²) >= 11 is 0. The lowest BCUT2D eigenvalue weighted by Gasteiger charge is -2.39. The Bertz CT molecular complexity index is 1040. The Balaban J connectivity index is 1.67. The van der Waals surface area contributed by atoms with Crippen molar-refractivity contribution >= 4 is 0 Å². The molecule has 146 valence electrons. The van der Waals surface area contributed by atoms with Gasteiger partial charge in [0.2, 0.25) is 0 Å². The van der Waals surface area contributed by atoms with Crippen molar-refractivity contribution in [2.24, 2.45) is 5.41 Å². The quantitative estimate of drug-likeness (QED) is 0.722. The Morgan fingerprint density at radius 2 is 1.59 bits per heavy atom. The molecular formula is C24H24N4O. The molecule has 1 aliphatic carbocycles. The van der Waals surface area contributed by atoms with E-state index >= 15 is 0 Å². The van der Waals surface area contributed by atoms with Crippen LogP contribution in [0.1, 0.15) is 50.6 Å². The Morgan fingerprint density at radius 3 is 2.07 bits per heavy atom. The van der Waals surface area contributed by atoms with Crippen LogP contribution in [0.15, 0.2) is 61.2 Å². The maximum absolute atomic E-state index is 11.6. The van der Waals surface area contributed by atoms with E-state index in [-0.39, 0.29) is 5.41 Å². The first kappa shape index (κ1) is 19.2. The highest BCUT2D eigenvalue weighted by Crippen LogP contribution is 2.48. The van der Waals surface area contributed by atoms with Crippen molar-refractivity contribution in [3.63, 3.8) is 0 Å². The van der Waals surface area contributed by atoms with Crippen molar-refractivity contribution in [1.82, 2.24) is 15.0 Å². The maximum Gasteiger partial charge on any atom is 0.154 e. The van der Waals surface area contributed by atoms with Crippen LogP contribution in [0.5, 0.6) is 0 Å². The van der Waals surface area contributed by atoms with Crippen LogP contribution in [-0.2, 0) is 11.0 Å². The molecule has 0 amide bonds. The molecule has 1 aliphatic rings. The lowest BCUT2D eigenvalue weighted by Crippen LogP contribution is -2.42. The summed E-state index contributed by atoms with van der Waals surface area (Å²) in [5, 5.41) is 21.0. The predicted octanol–water partition coefficient (Wildman–Crippen LogP) is 4.38. The standard InChI is InChI=1S/C24H24N4O/c1-22(2,3)24(29,21-15-26-12-13-27-21)20-9-6-18(14-28-20)17-4-7-19(8-5-17)23(16-25)10-11-23/h4-9,12-15,29H,10-11H2,1-3H3. The van der Waals surface area contributed by atoms with Crippen molar-refractivity contribution in [3.8, 4) is 17.2 Å². The van der Waals surface area contributed by atoms with Crippen molar-refractivity contribution in [2.45, 2.75) is 44.6 Å². The fourth-order valence-electron chi connectivity index (χ4n) is 3.74. The third-order valence-corrected chi connectivity index (χ3v) is 5.89. The molecule has 2 heterocycles. The highest BCUT2D eigenvalue weighted by Gasteiger charge is 2.46. The molecule has 5 heteroatoms. The zero-order valence-electron chi connectivity index (χ0n) is 16.9. The minimum atomic E-state index is -1.37. The largest absolute Gasteiger partial charge is 0.377 e. The van der Waals surface area contributed by atoms with Crippen LogP contribution < -0.4 is 0 Å².